The smallest absolute Gasteiger partial charge is 0.209 e. The van der Waals surface area contributed by atoms with Gasteiger partial charge >= 0.3 is 0 Å². The molecule has 9 heavy (non-hydrogen) atoms. The van der Waals surface area contributed by atoms with Crippen LogP contribution in [0.15, 0.2) is 0 Å². The van der Waals surface area contributed by atoms with E-state index in [-0.39, 0.29) is 5.50 Å². The number of carbonyl (C=O) groups is 1. The minimum Gasteiger partial charge on any atom is -0.334 e. The largest absolute Gasteiger partial charge is 0.334 e. The van der Waals surface area contributed by atoms with E-state index in [2.05, 4.69) is 15.9 Å². The Morgan fingerprint density at radius 2 is 2.56 bits per heavy atom. The van der Waals surface area contributed by atoms with Crippen molar-refractivity contribution >= 4 is 18.2 Å². The summed E-state index contributed by atoms with van der Waals surface area (Å²) in [5.41, 5.74) is -0.174. The lowest BCUT2D eigenvalue weighted by atomic mass is 11.0. The van der Waals surface area contributed by atoms with E-state index >= 15 is 0 Å². The van der Waals surface area contributed by atoms with Crippen molar-refractivity contribution < 1.29 is 4.79 Å². The molecule has 0 aromatic rings. The fourth-order valence-corrected chi connectivity index (χ4v) is 0.684. The van der Waals surface area contributed by atoms with Crippen LogP contribution >= 0.6 is 11.8 Å². The summed E-state index contributed by atoms with van der Waals surface area (Å²) in [5.74, 6) is 0. The number of amides is 1. The zero-order valence-corrected chi connectivity index (χ0v) is 5.87. The molecular weight excluding hydrogens is 136 g/mol. The van der Waals surface area contributed by atoms with Gasteiger partial charge in [0.25, 0.3) is 0 Å². The summed E-state index contributed by atoms with van der Waals surface area (Å²) in [6, 6.07) is 0. The molecule has 50 valence electrons. The Labute approximate surface area is 58.6 Å². The van der Waals surface area contributed by atoms with Crippen molar-refractivity contribution in [1.29, 1.82) is 0 Å². The molecule has 1 amide bonds. The molecule has 2 N–H and O–H groups in total. The lowest BCUT2D eigenvalue weighted by Crippen LogP contribution is -2.35. The van der Waals surface area contributed by atoms with Crippen LogP contribution in [0.25, 0.3) is 0 Å². The Morgan fingerprint density at radius 3 is 2.89 bits per heavy atom. The summed E-state index contributed by atoms with van der Waals surface area (Å²) < 4.78 is 0. The molecular formula is C5H8N2OS. The van der Waals surface area contributed by atoms with Gasteiger partial charge < -0.3 is 5.32 Å². The second-order valence-electron chi connectivity index (χ2n) is 1.19. The highest BCUT2D eigenvalue weighted by molar-refractivity contribution is 8.04. The summed E-state index contributed by atoms with van der Waals surface area (Å²) in [7, 11) is 1.71. The summed E-state index contributed by atoms with van der Waals surface area (Å²) in [4.78, 5) is 9.82. The normalized spacial score (nSPS) is 11.6. The van der Waals surface area contributed by atoms with E-state index in [0.29, 0.717) is 6.41 Å². The summed E-state index contributed by atoms with van der Waals surface area (Å²) in [6.45, 7) is 0. The maximum absolute atomic E-state index is 9.82. The fraction of sp³-hybridized carbons (Fsp3) is 0.400. The highest BCUT2D eigenvalue weighted by atomic mass is 32.2. The van der Waals surface area contributed by atoms with Crippen molar-refractivity contribution in [3.8, 4) is 11.7 Å². The molecule has 1 unspecified atom stereocenters. The van der Waals surface area contributed by atoms with Gasteiger partial charge in [0.05, 0.1) is 0 Å². The molecule has 0 rings (SSSR count). The monoisotopic (exact) mass is 144 g/mol. The lowest BCUT2D eigenvalue weighted by Gasteiger charge is -2.08. The second-order valence-corrected chi connectivity index (χ2v) is 2.13. The average molecular weight is 144 g/mol. The van der Waals surface area contributed by atoms with Crippen molar-refractivity contribution in [1.82, 2.24) is 10.6 Å². The molecule has 0 spiro atoms. The highest BCUT2D eigenvalue weighted by Crippen LogP contribution is 1.98. The molecule has 0 bridgehead atoms. The molecule has 0 aromatic heterocycles. The number of hydrogen-bond acceptors (Lipinski definition) is 3. The maximum atomic E-state index is 9.82. The SMILES string of the molecule is C#CSC(NC)NC=O. The summed E-state index contributed by atoms with van der Waals surface area (Å²) in [6.07, 6.45) is 5.55. The molecule has 4 heteroatoms. The quantitative estimate of drug-likeness (QED) is 0.319. The van der Waals surface area contributed by atoms with E-state index < -0.39 is 0 Å². The van der Waals surface area contributed by atoms with Crippen molar-refractivity contribution in [3.63, 3.8) is 0 Å². The molecule has 0 fully saturated rings. The first-order valence-corrected chi connectivity index (χ1v) is 3.21. The molecule has 0 saturated heterocycles. The predicted octanol–water partition coefficient (Wildman–Crippen LogP) is -0.441. The van der Waals surface area contributed by atoms with Gasteiger partial charge in [-0.25, -0.2) is 0 Å². The van der Waals surface area contributed by atoms with Crippen molar-refractivity contribution in [2.24, 2.45) is 0 Å². The van der Waals surface area contributed by atoms with E-state index in [9.17, 15) is 4.79 Å². The van der Waals surface area contributed by atoms with Crippen LogP contribution in [0.2, 0.25) is 0 Å². The second kappa shape index (κ2) is 5.48. The van der Waals surface area contributed by atoms with E-state index in [1.807, 2.05) is 0 Å². The molecule has 0 aliphatic carbocycles. The first-order valence-electron chi connectivity index (χ1n) is 2.33. The Balaban J connectivity index is 3.43. The van der Waals surface area contributed by atoms with Gasteiger partial charge in [-0.05, 0) is 24.1 Å². The number of nitrogens with one attached hydrogen (secondary N) is 2. The van der Waals surface area contributed by atoms with Crippen LogP contribution in [0.5, 0.6) is 0 Å². The average Bonchev–Trinajstić information content (AvgIpc) is 1.88. The number of terminal acetylenes is 1. The van der Waals surface area contributed by atoms with Crippen LogP contribution in [0.1, 0.15) is 0 Å². The lowest BCUT2D eigenvalue weighted by molar-refractivity contribution is -0.109. The van der Waals surface area contributed by atoms with Gasteiger partial charge in [-0.2, -0.15) is 0 Å². The Kier molecular flexibility index (Phi) is 5.07. The third-order valence-electron chi connectivity index (χ3n) is 0.667. The number of rotatable bonds is 4. The van der Waals surface area contributed by atoms with Crippen LogP contribution in [0.4, 0.5) is 0 Å². The molecule has 0 aromatic carbocycles. The van der Waals surface area contributed by atoms with E-state index in [4.69, 9.17) is 6.42 Å². The van der Waals surface area contributed by atoms with Gasteiger partial charge in [0.1, 0.15) is 5.50 Å². The number of hydrogen-bond donors (Lipinski definition) is 2. The van der Waals surface area contributed by atoms with Crippen LogP contribution < -0.4 is 10.6 Å². The zero-order valence-electron chi connectivity index (χ0n) is 5.05. The third kappa shape index (κ3) is 3.88. The Bertz CT molecular complexity index is 121. The Morgan fingerprint density at radius 1 is 1.89 bits per heavy atom. The molecule has 1 atom stereocenters. The highest BCUT2D eigenvalue weighted by Gasteiger charge is 1.98. The molecule has 0 radical (unpaired) electrons. The topological polar surface area (TPSA) is 41.1 Å². The fourth-order valence-electron chi connectivity index (χ4n) is 0.306. The van der Waals surface area contributed by atoms with Gasteiger partial charge in [-0.15, -0.1) is 6.42 Å². The van der Waals surface area contributed by atoms with Gasteiger partial charge in [0.2, 0.25) is 6.41 Å². The first kappa shape index (κ1) is 8.34. The maximum Gasteiger partial charge on any atom is 0.209 e. The molecule has 0 heterocycles. The van der Waals surface area contributed by atoms with Crippen LogP contribution in [0.3, 0.4) is 0 Å². The van der Waals surface area contributed by atoms with Gasteiger partial charge in [-0.3, -0.25) is 10.1 Å². The van der Waals surface area contributed by atoms with Gasteiger partial charge in [0, 0.05) is 0 Å². The minimum absolute atomic E-state index is 0.174. The van der Waals surface area contributed by atoms with Crippen LogP contribution in [0, 0.1) is 11.7 Å². The first-order chi connectivity index (χ1) is 4.35. The molecule has 0 aliphatic heterocycles. The van der Waals surface area contributed by atoms with Crippen LogP contribution in [-0.2, 0) is 4.79 Å². The standard InChI is InChI=1S/C5H8N2OS/c1-3-9-5(6-2)7-4-8/h1,4-6H,2H3,(H,7,8). The number of thioether (sulfide) groups is 1. The van der Waals surface area contributed by atoms with Crippen molar-refractivity contribution in [2.45, 2.75) is 5.50 Å². The van der Waals surface area contributed by atoms with Crippen molar-refractivity contribution in [3.05, 3.63) is 0 Å². The molecule has 0 aliphatic rings. The number of carbonyl (C=O) groups excluding carboxylic acids is 1. The van der Waals surface area contributed by atoms with Gasteiger partial charge in [-0.1, -0.05) is 0 Å². The molecule has 3 nitrogen and oxygen atoms in total. The van der Waals surface area contributed by atoms with Gasteiger partial charge in [0.15, 0.2) is 0 Å². The van der Waals surface area contributed by atoms with E-state index in [0.717, 1.165) is 0 Å². The van der Waals surface area contributed by atoms with Crippen LogP contribution in [-0.4, -0.2) is 19.0 Å². The van der Waals surface area contributed by atoms with E-state index in [1.165, 1.54) is 11.8 Å². The predicted molar refractivity (Wildman–Crippen MR) is 38.5 cm³/mol. The van der Waals surface area contributed by atoms with E-state index in [1.54, 1.807) is 7.05 Å². The van der Waals surface area contributed by atoms with Crippen molar-refractivity contribution in [2.75, 3.05) is 7.05 Å². The summed E-state index contributed by atoms with van der Waals surface area (Å²) in [5, 5.41) is 7.58. The molecule has 0 saturated carbocycles. The zero-order chi connectivity index (χ0) is 7.11. The Hall–Kier alpha value is -0.660. The summed E-state index contributed by atoms with van der Waals surface area (Å²) >= 11 is 1.18. The minimum atomic E-state index is -0.174. The third-order valence-corrected chi connectivity index (χ3v) is 1.41.